The van der Waals surface area contributed by atoms with E-state index in [-0.39, 0.29) is 40.8 Å². The standard InChI is InChI=1S/C26H18Cl2N2O7S/c1-2-36-22-12-15(6-11-21(22)37-25(32)16-7-9-17(10-8-16)30(34)35)13-23-24(31)29(26(33)38-23)14-18-19(27)4-3-5-20(18)28/h3-13H,2,14H2,1H3/b23-13-. The predicted octanol–water partition coefficient (Wildman–Crippen LogP) is 6.76. The first-order valence-electron chi connectivity index (χ1n) is 11.1. The summed E-state index contributed by atoms with van der Waals surface area (Å²) < 4.78 is 11.0. The highest BCUT2D eigenvalue weighted by molar-refractivity contribution is 8.18. The summed E-state index contributed by atoms with van der Waals surface area (Å²) in [5.74, 6) is -0.872. The third kappa shape index (κ3) is 5.99. The van der Waals surface area contributed by atoms with Crippen molar-refractivity contribution in [2.24, 2.45) is 0 Å². The van der Waals surface area contributed by atoms with E-state index in [1.807, 2.05) is 0 Å². The van der Waals surface area contributed by atoms with Crippen molar-refractivity contribution in [2.75, 3.05) is 6.61 Å². The lowest BCUT2D eigenvalue weighted by Crippen LogP contribution is -2.27. The Kier molecular flexibility index (Phi) is 8.35. The Hall–Kier alpha value is -3.86. The van der Waals surface area contributed by atoms with Crippen molar-refractivity contribution < 1.29 is 28.8 Å². The lowest BCUT2D eigenvalue weighted by molar-refractivity contribution is -0.384. The molecule has 3 aromatic carbocycles. The smallest absolute Gasteiger partial charge is 0.343 e. The molecule has 4 rings (SSSR count). The van der Waals surface area contributed by atoms with Gasteiger partial charge in [0.15, 0.2) is 11.5 Å². The number of rotatable bonds is 8. The fourth-order valence-corrected chi connectivity index (χ4v) is 4.83. The number of non-ortho nitro benzene ring substituents is 1. The van der Waals surface area contributed by atoms with Crippen LogP contribution in [-0.4, -0.2) is 33.5 Å². The van der Waals surface area contributed by atoms with Crippen LogP contribution in [0.4, 0.5) is 10.5 Å². The summed E-state index contributed by atoms with van der Waals surface area (Å²) in [6.45, 7) is 1.95. The molecule has 0 bridgehead atoms. The molecule has 0 unspecified atom stereocenters. The fraction of sp³-hybridized carbons (Fsp3) is 0.115. The van der Waals surface area contributed by atoms with Crippen molar-refractivity contribution in [2.45, 2.75) is 13.5 Å². The minimum Gasteiger partial charge on any atom is -0.490 e. The SMILES string of the molecule is CCOc1cc(/C=C2\SC(=O)N(Cc3c(Cl)cccc3Cl)C2=O)ccc1OC(=O)c1ccc([N+](=O)[O-])cc1. The Labute approximate surface area is 231 Å². The van der Waals surface area contributed by atoms with Gasteiger partial charge in [0.05, 0.1) is 28.5 Å². The molecule has 38 heavy (non-hydrogen) atoms. The van der Waals surface area contributed by atoms with Crippen molar-refractivity contribution >= 4 is 63.8 Å². The molecule has 0 aromatic heterocycles. The Morgan fingerprint density at radius 2 is 1.74 bits per heavy atom. The van der Waals surface area contributed by atoms with E-state index in [1.165, 1.54) is 36.4 Å². The zero-order chi connectivity index (χ0) is 27.4. The van der Waals surface area contributed by atoms with E-state index in [0.29, 0.717) is 21.2 Å². The number of esters is 1. The van der Waals surface area contributed by atoms with Crippen LogP contribution in [0.25, 0.3) is 6.08 Å². The molecule has 0 atom stereocenters. The van der Waals surface area contributed by atoms with E-state index in [4.69, 9.17) is 32.7 Å². The summed E-state index contributed by atoms with van der Waals surface area (Å²) in [6, 6.07) is 14.6. The van der Waals surface area contributed by atoms with Gasteiger partial charge in [0, 0.05) is 27.7 Å². The van der Waals surface area contributed by atoms with Gasteiger partial charge in [-0.15, -0.1) is 0 Å². The van der Waals surface area contributed by atoms with Crippen molar-refractivity contribution in [1.82, 2.24) is 4.90 Å². The maximum absolute atomic E-state index is 13.0. The molecule has 0 N–H and O–H groups in total. The minimum atomic E-state index is -0.729. The van der Waals surface area contributed by atoms with E-state index in [2.05, 4.69) is 0 Å². The van der Waals surface area contributed by atoms with Gasteiger partial charge in [0.2, 0.25) is 0 Å². The quantitative estimate of drug-likeness (QED) is 0.0955. The molecule has 1 heterocycles. The van der Waals surface area contributed by atoms with Crippen molar-refractivity contribution in [1.29, 1.82) is 0 Å². The molecular weight excluding hydrogens is 555 g/mol. The fourth-order valence-electron chi connectivity index (χ4n) is 3.47. The third-order valence-corrected chi connectivity index (χ3v) is 6.95. The van der Waals surface area contributed by atoms with Crippen molar-refractivity contribution in [3.8, 4) is 11.5 Å². The third-order valence-electron chi connectivity index (χ3n) is 5.33. The van der Waals surface area contributed by atoms with Crippen molar-refractivity contribution in [3.63, 3.8) is 0 Å². The summed E-state index contributed by atoms with van der Waals surface area (Å²) >= 11 is 13.2. The highest BCUT2D eigenvalue weighted by atomic mass is 35.5. The monoisotopic (exact) mass is 572 g/mol. The van der Waals surface area contributed by atoms with Gasteiger partial charge in [-0.2, -0.15) is 0 Å². The molecule has 1 fully saturated rings. The van der Waals surface area contributed by atoms with E-state index in [1.54, 1.807) is 37.3 Å². The number of carbonyl (C=O) groups is 3. The average molecular weight is 573 g/mol. The van der Waals surface area contributed by atoms with E-state index < -0.39 is 22.0 Å². The Bertz CT molecular complexity index is 1450. The topological polar surface area (TPSA) is 116 Å². The van der Waals surface area contributed by atoms with Gasteiger partial charge < -0.3 is 9.47 Å². The molecule has 194 valence electrons. The number of halogens is 2. The van der Waals surface area contributed by atoms with Crippen LogP contribution in [0.15, 0.2) is 65.6 Å². The molecule has 0 aliphatic carbocycles. The maximum Gasteiger partial charge on any atom is 0.343 e. The molecule has 1 aliphatic rings. The first-order chi connectivity index (χ1) is 18.2. The van der Waals surface area contributed by atoms with Crippen LogP contribution < -0.4 is 9.47 Å². The molecule has 1 saturated heterocycles. The van der Waals surface area contributed by atoms with E-state index in [0.717, 1.165) is 16.7 Å². The number of hydrogen-bond acceptors (Lipinski definition) is 8. The van der Waals surface area contributed by atoms with Crippen LogP contribution in [0.1, 0.15) is 28.4 Å². The van der Waals surface area contributed by atoms with Crippen LogP contribution in [0.2, 0.25) is 10.0 Å². The Balaban J connectivity index is 1.54. The van der Waals surface area contributed by atoms with Crippen LogP contribution in [-0.2, 0) is 11.3 Å². The van der Waals surface area contributed by atoms with Crippen LogP contribution in [0.5, 0.6) is 11.5 Å². The molecule has 0 radical (unpaired) electrons. The van der Waals surface area contributed by atoms with Gasteiger partial charge in [-0.3, -0.25) is 24.6 Å². The highest BCUT2D eigenvalue weighted by Gasteiger charge is 2.35. The predicted molar refractivity (Wildman–Crippen MR) is 144 cm³/mol. The number of carbonyl (C=O) groups excluding carboxylic acids is 3. The molecule has 2 amide bonds. The molecule has 0 spiro atoms. The molecule has 12 heteroatoms. The normalized spacial score (nSPS) is 14.2. The van der Waals surface area contributed by atoms with Gasteiger partial charge in [-0.05, 0) is 66.7 Å². The average Bonchev–Trinajstić information content (AvgIpc) is 3.15. The van der Waals surface area contributed by atoms with Gasteiger partial charge in [-0.1, -0.05) is 35.3 Å². The Morgan fingerprint density at radius 3 is 2.37 bits per heavy atom. The van der Waals surface area contributed by atoms with Crippen LogP contribution >= 0.6 is 35.0 Å². The first-order valence-corrected chi connectivity index (χ1v) is 12.7. The van der Waals surface area contributed by atoms with Gasteiger partial charge in [-0.25, -0.2) is 4.79 Å². The largest absolute Gasteiger partial charge is 0.490 e. The van der Waals surface area contributed by atoms with Gasteiger partial charge >= 0.3 is 5.97 Å². The number of hydrogen-bond donors (Lipinski definition) is 0. The van der Waals surface area contributed by atoms with Crippen LogP contribution in [0.3, 0.4) is 0 Å². The molecular formula is C26H18Cl2N2O7S. The first kappa shape index (κ1) is 27.2. The van der Waals surface area contributed by atoms with Crippen molar-refractivity contribution in [3.05, 3.63) is 102 Å². The van der Waals surface area contributed by atoms with Gasteiger partial charge in [0.1, 0.15) is 0 Å². The van der Waals surface area contributed by atoms with Gasteiger partial charge in [0.25, 0.3) is 16.8 Å². The number of nitro benzene ring substituents is 1. The number of nitrogens with zero attached hydrogens (tertiary/aromatic N) is 2. The number of amides is 2. The summed E-state index contributed by atoms with van der Waals surface area (Å²) in [7, 11) is 0. The van der Waals surface area contributed by atoms with E-state index >= 15 is 0 Å². The molecule has 1 aliphatic heterocycles. The number of imide groups is 1. The summed E-state index contributed by atoms with van der Waals surface area (Å²) in [5, 5.41) is 11.1. The molecule has 0 saturated carbocycles. The number of benzene rings is 3. The summed E-state index contributed by atoms with van der Waals surface area (Å²) in [5.41, 5.74) is 0.969. The highest BCUT2D eigenvalue weighted by Crippen LogP contribution is 2.37. The zero-order valence-corrected chi connectivity index (χ0v) is 22.0. The second kappa shape index (κ2) is 11.7. The number of thioether (sulfide) groups is 1. The maximum atomic E-state index is 13.0. The van der Waals surface area contributed by atoms with E-state index in [9.17, 15) is 24.5 Å². The zero-order valence-electron chi connectivity index (χ0n) is 19.7. The lowest BCUT2D eigenvalue weighted by Gasteiger charge is -2.14. The lowest BCUT2D eigenvalue weighted by atomic mass is 10.1. The summed E-state index contributed by atoms with van der Waals surface area (Å²) in [4.78, 5) is 49.6. The second-order valence-electron chi connectivity index (χ2n) is 7.80. The number of ether oxygens (including phenoxy) is 2. The second-order valence-corrected chi connectivity index (χ2v) is 9.61. The minimum absolute atomic E-state index is 0.0672. The van der Waals surface area contributed by atoms with Crippen LogP contribution in [0, 0.1) is 10.1 Å². The number of nitro groups is 1. The summed E-state index contributed by atoms with van der Waals surface area (Å²) in [6.07, 6.45) is 1.53. The molecule has 9 nitrogen and oxygen atoms in total. The molecule has 3 aromatic rings. The Morgan fingerprint density at radius 1 is 1.05 bits per heavy atom.